The van der Waals surface area contributed by atoms with E-state index in [-0.39, 0.29) is 29.0 Å². The number of carboxylic acids is 2. The number of aliphatic carboxylic acids is 2. The lowest BCUT2D eigenvalue weighted by molar-refractivity contribution is -0.154. The third-order valence-electron chi connectivity index (χ3n) is 5.20. The van der Waals surface area contributed by atoms with Gasteiger partial charge in [-0.2, -0.15) is 0 Å². The molecule has 6 nitrogen and oxygen atoms in total. The van der Waals surface area contributed by atoms with Crippen LogP contribution in [0.4, 0.5) is 0 Å². The number of hydrogen-bond acceptors (Lipinski definition) is 4. The van der Waals surface area contributed by atoms with Crippen molar-refractivity contribution in [3.8, 4) is 0 Å². The Morgan fingerprint density at radius 2 is 1.29 bits per heavy atom. The Labute approximate surface area is 142 Å². The molecular weight excluding hydrogens is 310 g/mol. The van der Waals surface area contributed by atoms with Crippen molar-refractivity contribution in [2.75, 3.05) is 0 Å². The van der Waals surface area contributed by atoms with Gasteiger partial charge in [0.25, 0.3) is 0 Å². The van der Waals surface area contributed by atoms with Gasteiger partial charge in [0.2, 0.25) is 0 Å². The third kappa shape index (κ3) is 4.16. The maximum Gasteiger partial charge on any atom is 0.307 e. The van der Waals surface area contributed by atoms with E-state index in [1.54, 1.807) is 0 Å². The van der Waals surface area contributed by atoms with Crippen molar-refractivity contribution in [1.82, 2.24) is 5.32 Å². The lowest BCUT2D eigenvalue weighted by atomic mass is 9.81. The second-order valence-electron chi connectivity index (χ2n) is 8.63. The molecule has 2 fully saturated rings. The average molecular weight is 339 g/mol. The standard InChI is InChI=1S/C9H19NO.C9H10O4/c1-8(2)5-7(11)6-9(3,4)10-8;10-8(11)6-4-1-2-5(3-4)7(6)9(12)13/h7,10-11H,5-6H2,1-4H3;1-2,4-7H,3H2,(H,10,11)(H,12,13). The third-order valence-corrected chi connectivity index (χ3v) is 5.20. The highest BCUT2D eigenvalue weighted by molar-refractivity contribution is 5.82. The van der Waals surface area contributed by atoms with Gasteiger partial charge in [0.1, 0.15) is 0 Å². The molecule has 0 aromatic rings. The average Bonchev–Trinajstić information content (AvgIpc) is 2.94. The molecule has 24 heavy (non-hydrogen) atoms. The zero-order valence-corrected chi connectivity index (χ0v) is 14.8. The number of carbonyl (C=O) groups is 2. The van der Waals surface area contributed by atoms with Gasteiger partial charge in [-0.1, -0.05) is 12.2 Å². The van der Waals surface area contributed by atoms with Crippen LogP contribution >= 0.6 is 0 Å². The number of nitrogens with one attached hydrogen (secondary N) is 1. The molecule has 0 radical (unpaired) electrons. The number of aliphatic hydroxyl groups excluding tert-OH is 1. The number of allylic oxidation sites excluding steroid dienone is 2. The van der Waals surface area contributed by atoms with Gasteiger partial charge in [-0.3, -0.25) is 9.59 Å². The Balaban J connectivity index is 0.000000177. The van der Waals surface area contributed by atoms with Crippen LogP contribution in [0.3, 0.4) is 0 Å². The summed E-state index contributed by atoms with van der Waals surface area (Å²) < 4.78 is 0. The van der Waals surface area contributed by atoms with Gasteiger partial charge in [-0.15, -0.1) is 0 Å². The smallest absolute Gasteiger partial charge is 0.307 e. The van der Waals surface area contributed by atoms with Crippen molar-refractivity contribution in [2.45, 2.75) is 64.1 Å². The predicted molar refractivity (Wildman–Crippen MR) is 89.5 cm³/mol. The molecule has 4 N–H and O–H groups in total. The van der Waals surface area contributed by atoms with Crippen LogP contribution in [0.2, 0.25) is 0 Å². The molecule has 3 rings (SSSR count). The maximum atomic E-state index is 10.8. The molecule has 1 aliphatic heterocycles. The topological polar surface area (TPSA) is 107 Å². The molecule has 3 aliphatic rings. The highest BCUT2D eigenvalue weighted by Gasteiger charge is 2.51. The quantitative estimate of drug-likeness (QED) is 0.572. The molecule has 0 amide bonds. The number of fused-ring (bicyclic) bond motifs is 2. The fourth-order valence-corrected chi connectivity index (χ4v) is 4.76. The van der Waals surface area contributed by atoms with Crippen LogP contribution in [0.5, 0.6) is 0 Å². The molecule has 0 spiro atoms. The molecule has 2 aliphatic carbocycles. The predicted octanol–water partition coefficient (Wildman–Crippen LogP) is 1.88. The summed E-state index contributed by atoms with van der Waals surface area (Å²) in [5.41, 5.74) is 0.169. The number of aliphatic hydroxyl groups is 1. The molecule has 0 aromatic heterocycles. The van der Waals surface area contributed by atoms with E-state index < -0.39 is 23.8 Å². The second kappa shape index (κ2) is 6.48. The molecule has 4 atom stereocenters. The number of rotatable bonds is 2. The molecule has 1 heterocycles. The van der Waals surface area contributed by atoms with Crippen molar-refractivity contribution < 1.29 is 24.9 Å². The van der Waals surface area contributed by atoms with Gasteiger partial charge in [0, 0.05) is 11.1 Å². The first-order valence-electron chi connectivity index (χ1n) is 8.53. The SMILES string of the molecule is CC1(C)CC(O)CC(C)(C)N1.O=C(O)C1C2C=CC(C2)C1C(=O)O. The van der Waals surface area contributed by atoms with Gasteiger partial charge in [-0.05, 0) is 58.8 Å². The fraction of sp³-hybridized carbons (Fsp3) is 0.778. The monoisotopic (exact) mass is 339 g/mol. The Kier molecular flexibility index (Phi) is 5.11. The molecule has 136 valence electrons. The lowest BCUT2D eigenvalue weighted by Crippen LogP contribution is -2.59. The first kappa shape index (κ1) is 18.9. The van der Waals surface area contributed by atoms with Gasteiger partial charge >= 0.3 is 11.9 Å². The molecule has 0 aromatic carbocycles. The van der Waals surface area contributed by atoms with E-state index in [2.05, 4.69) is 33.0 Å². The number of piperidine rings is 1. The minimum atomic E-state index is -0.982. The summed E-state index contributed by atoms with van der Waals surface area (Å²) in [6.07, 6.45) is 5.94. The van der Waals surface area contributed by atoms with Gasteiger partial charge < -0.3 is 20.6 Å². The highest BCUT2D eigenvalue weighted by Crippen LogP contribution is 2.48. The normalized spacial score (nSPS) is 36.0. The van der Waals surface area contributed by atoms with E-state index in [0.29, 0.717) is 6.42 Å². The Morgan fingerprint density at radius 1 is 0.917 bits per heavy atom. The van der Waals surface area contributed by atoms with Crippen LogP contribution in [0.15, 0.2) is 12.2 Å². The summed E-state index contributed by atoms with van der Waals surface area (Å²) >= 11 is 0. The molecule has 1 saturated carbocycles. The van der Waals surface area contributed by atoms with Crippen molar-refractivity contribution in [2.24, 2.45) is 23.7 Å². The van der Waals surface area contributed by atoms with E-state index in [1.165, 1.54) is 0 Å². The summed E-state index contributed by atoms with van der Waals surface area (Å²) in [6, 6.07) is 0. The summed E-state index contributed by atoms with van der Waals surface area (Å²) in [4.78, 5) is 21.6. The summed E-state index contributed by atoms with van der Waals surface area (Å²) in [7, 11) is 0. The van der Waals surface area contributed by atoms with Gasteiger partial charge in [0.15, 0.2) is 0 Å². The van der Waals surface area contributed by atoms with E-state index in [1.807, 2.05) is 12.2 Å². The Hall–Kier alpha value is -1.40. The minimum Gasteiger partial charge on any atom is -0.481 e. The van der Waals surface area contributed by atoms with Crippen molar-refractivity contribution >= 4 is 11.9 Å². The summed E-state index contributed by atoms with van der Waals surface area (Å²) in [5.74, 6) is -3.53. The lowest BCUT2D eigenvalue weighted by Gasteiger charge is -2.44. The van der Waals surface area contributed by atoms with Crippen LogP contribution in [0.1, 0.15) is 47.0 Å². The first-order valence-corrected chi connectivity index (χ1v) is 8.53. The number of carboxylic acid groups (broad SMARTS) is 2. The molecule has 6 heteroatoms. The van der Waals surface area contributed by atoms with E-state index in [4.69, 9.17) is 10.2 Å². The number of hydrogen-bond donors (Lipinski definition) is 4. The molecule has 2 bridgehead atoms. The zero-order valence-electron chi connectivity index (χ0n) is 14.8. The summed E-state index contributed by atoms with van der Waals surface area (Å²) in [6.45, 7) is 8.54. The van der Waals surface area contributed by atoms with Crippen molar-refractivity contribution in [1.29, 1.82) is 0 Å². The van der Waals surface area contributed by atoms with Crippen LogP contribution in [-0.2, 0) is 9.59 Å². The minimum absolute atomic E-state index is 0.0661. The second-order valence-corrected chi connectivity index (χ2v) is 8.63. The molecule has 4 unspecified atom stereocenters. The Bertz CT molecular complexity index is 496. The zero-order chi connectivity index (χ0) is 18.3. The summed E-state index contributed by atoms with van der Waals surface area (Å²) in [5, 5.41) is 30.8. The van der Waals surface area contributed by atoms with Crippen molar-refractivity contribution in [3.05, 3.63) is 12.2 Å². The van der Waals surface area contributed by atoms with Crippen LogP contribution in [0.25, 0.3) is 0 Å². The first-order chi connectivity index (χ1) is 10.9. The Morgan fingerprint density at radius 3 is 1.58 bits per heavy atom. The molecular formula is C18H29NO5. The van der Waals surface area contributed by atoms with E-state index >= 15 is 0 Å². The van der Waals surface area contributed by atoms with E-state index in [0.717, 1.165) is 12.8 Å². The van der Waals surface area contributed by atoms with Crippen molar-refractivity contribution in [3.63, 3.8) is 0 Å². The van der Waals surface area contributed by atoms with Crippen LogP contribution in [-0.4, -0.2) is 44.4 Å². The largest absolute Gasteiger partial charge is 0.481 e. The van der Waals surface area contributed by atoms with Crippen LogP contribution < -0.4 is 5.32 Å². The van der Waals surface area contributed by atoms with Gasteiger partial charge in [-0.25, -0.2) is 0 Å². The van der Waals surface area contributed by atoms with Gasteiger partial charge in [0.05, 0.1) is 17.9 Å². The fourth-order valence-electron chi connectivity index (χ4n) is 4.76. The van der Waals surface area contributed by atoms with Crippen LogP contribution in [0, 0.1) is 23.7 Å². The van der Waals surface area contributed by atoms with E-state index in [9.17, 15) is 14.7 Å². The maximum absolute atomic E-state index is 10.8. The molecule has 1 saturated heterocycles. The highest BCUT2D eigenvalue weighted by atomic mass is 16.4.